The molecule has 0 unspecified atom stereocenters. The monoisotopic (exact) mass is 295 g/mol. The summed E-state index contributed by atoms with van der Waals surface area (Å²) < 4.78 is 0.964. The second-order valence-corrected chi connectivity index (χ2v) is 5.12. The Morgan fingerprint density at radius 2 is 2.24 bits per heavy atom. The number of carboxylic acids is 1. The fourth-order valence-electron chi connectivity index (χ4n) is 2.04. The van der Waals surface area contributed by atoms with Crippen LogP contribution < -0.4 is 4.90 Å². The number of carboxylic acid groups (broad SMARTS) is 1. The van der Waals surface area contributed by atoms with E-state index < -0.39 is 5.97 Å². The molecule has 1 aromatic carbocycles. The molecule has 0 aliphatic carbocycles. The van der Waals surface area contributed by atoms with Gasteiger partial charge in [-0.05, 0) is 42.7 Å². The maximum Gasteiger partial charge on any atom is 0.331 e. The predicted octanol–water partition coefficient (Wildman–Crippen LogP) is 3.15. The number of hydrogen-bond donors (Lipinski definition) is 1. The second kappa shape index (κ2) is 4.92. The molecule has 17 heavy (non-hydrogen) atoms. The van der Waals surface area contributed by atoms with Gasteiger partial charge in [-0.15, -0.1) is 0 Å². The molecule has 0 aromatic heterocycles. The molecule has 0 saturated carbocycles. The Kier molecular flexibility index (Phi) is 3.52. The largest absolute Gasteiger partial charge is 0.478 e. The van der Waals surface area contributed by atoms with Crippen molar-refractivity contribution in [3.8, 4) is 0 Å². The number of halogens is 1. The SMILES string of the molecule is CN1CCCC(C(=O)O)=Cc2cc(Br)ccc21. The highest BCUT2D eigenvalue weighted by molar-refractivity contribution is 9.10. The zero-order valence-electron chi connectivity index (χ0n) is 9.61. The van der Waals surface area contributed by atoms with Crippen LogP contribution in [0.15, 0.2) is 28.2 Å². The van der Waals surface area contributed by atoms with Gasteiger partial charge in [0, 0.05) is 29.3 Å². The number of anilines is 1. The molecule has 1 heterocycles. The third-order valence-electron chi connectivity index (χ3n) is 2.94. The van der Waals surface area contributed by atoms with Crippen molar-refractivity contribution < 1.29 is 9.90 Å². The minimum Gasteiger partial charge on any atom is -0.478 e. The summed E-state index contributed by atoms with van der Waals surface area (Å²) in [5, 5.41) is 9.12. The molecule has 90 valence electrons. The highest BCUT2D eigenvalue weighted by Crippen LogP contribution is 2.29. The van der Waals surface area contributed by atoms with Crippen LogP contribution in [-0.2, 0) is 4.79 Å². The molecule has 4 heteroatoms. The van der Waals surface area contributed by atoms with E-state index in [0.29, 0.717) is 12.0 Å². The first-order valence-corrected chi connectivity index (χ1v) is 6.32. The van der Waals surface area contributed by atoms with Gasteiger partial charge in [-0.2, -0.15) is 0 Å². The first-order valence-electron chi connectivity index (χ1n) is 5.52. The van der Waals surface area contributed by atoms with Crippen LogP contribution in [-0.4, -0.2) is 24.7 Å². The van der Waals surface area contributed by atoms with Crippen molar-refractivity contribution in [2.45, 2.75) is 12.8 Å². The number of carbonyl (C=O) groups is 1. The average Bonchev–Trinajstić information content (AvgIpc) is 2.25. The molecule has 3 nitrogen and oxygen atoms in total. The van der Waals surface area contributed by atoms with Crippen LogP contribution in [0.25, 0.3) is 6.08 Å². The van der Waals surface area contributed by atoms with E-state index >= 15 is 0 Å². The highest BCUT2D eigenvalue weighted by Gasteiger charge is 2.14. The lowest BCUT2D eigenvalue weighted by Crippen LogP contribution is -2.21. The topological polar surface area (TPSA) is 40.5 Å². The van der Waals surface area contributed by atoms with Gasteiger partial charge in [-0.1, -0.05) is 15.9 Å². The predicted molar refractivity (Wildman–Crippen MR) is 72.3 cm³/mol. The standard InChI is InChI=1S/C13H14BrNO2/c1-15-6-2-3-9(13(16)17)7-10-8-11(14)4-5-12(10)15/h4-5,7-8H,2-3,6H2,1H3,(H,16,17). The van der Waals surface area contributed by atoms with E-state index in [9.17, 15) is 4.79 Å². The summed E-state index contributed by atoms with van der Waals surface area (Å²) in [5.41, 5.74) is 2.52. The lowest BCUT2D eigenvalue weighted by Gasteiger charge is -2.24. The minimum atomic E-state index is -0.819. The fraction of sp³-hybridized carbons (Fsp3) is 0.308. The third-order valence-corrected chi connectivity index (χ3v) is 3.44. The number of hydrogen-bond acceptors (Lipinski definition) is 2. The lowest BCUT2D eigenvalue weighted by atomic mass is 10.0. The lowest BCUT2D eigenvalue weighted by molar-refractivity contribution is -0.132. The Hall–Kier alpha value is -1.29. The van der Waals surface area contributed by atoms with Gasteiger partial charge < -0.3 is 10.0 Å². The van der Waals surface area contributed by atoms with Crippen LogP contribution in [0.2, 0.25) is 0 Å². The summed E-state index contributed by atoms with van der Waals surface area (Å²) in [7, 11) is 2.03. The van der Waals surface area contributed by atoms with Gasteiger partial charge in [0.15, 0.2) is 0 Å². The van der Waals surface area contributed by atoms with Gasteiger partial charge in [0.05, 0.1) is 0 Å². The molecule has 0 spiro atoms. The van der Waals surface area contributed by atoms with Crippen LogP contribution in [0.4, 0.5) is 5.69 Å². The van der Waals surface area contributed by atoms with E-state index in [1.54, 1.807) is 6.08 Å². The van der Waals surface area contributed by atoms with Crippen LogP contribution >= 0.6 is 15.9 Å². The maximum atomic E-state index is 11.1. The Labute approximate surface area is 109 Å². The molecule has 0 amide bonds. The van der Waals surface area contributed by atoms with E-state index in [0.717, 1.165) is 28.7 Å². The van der Waals surface area contributed by atoms with Gasteiger partial charge in [-0.3, -0.25) is 0 Å². The van der Waals surface area contributed by atoms with Gasteiger partial charge in [-0.25, -0.2) is 4.79 Å². The molecule has 1 aliphatic rings. The van der Waals surface area contributed by atoms with Crippen LogP contribution in [0.1, 0.15) is 18.4 Å². The molecule has 1 N–H and O–H groups in total. The van der Waals surface area contributed by atoms with Gasteiger partial charge in [0.1, 0.15) is 0 Å². The van der Waals surface area contributed by atoms with E-state index in [-0.39, 0.29) is 0 Å². The van der Waals surface area contributed by atoms with Crippen molar-refractivity contribution >= 4 is 33.7 Å². The number of nitrogens with zero attached hydrogens (tertiary/aromatic N) is 1. The molecule has 0 fully saturated rings. The van der Waals surface area contributed by atoms with Crippen LogP contribution in [0, 0.1) is 0 Å². The van der Waals surface area contributed by atoms with Gasteiger partial charge in [0.25, 0.3) is 0 Å². The summed E-state index contributed by atoms with van der Waals surface area (Å²) in [6, 6.07) is 5.95. The third kappa shape index (κ3) is 2.69. The van der Waals surface area contributed by atoms with Crippen molar-refractivity contribution in [1.29, 1.82) is 0 Å². The first-order chi connectivity index (χ1) is 8.08. The number of fused-ring (bicyclic) bond motifs is 1. The Bertz CT molecular complexity index is 482. The average molecular weight is 296 g/mol. The van der Waals surface area contributed by atoms with Crippen LogP contribution in [0.3, 0.4) is 0 Å². The van der Waals surface area contributed by atoms with E-state index in [4.69, 9.17) is 5.11 Å². The van der Waals surface area contributed by atoms with E-state index in [1.165, 1.54) is 0 Å². The number of benzene rings is 1. The molecule has 0 bridgehead atoms. The van der Waals surface area contributed by atoms with Crippen molar-refractivity contribution in [3.05, 3.63) is 33.8 Å². The first kappa shape index (κ1) is 12.2. The zero-order valence-corrected chi connectivity index (χ0v) is 11.2. The fourth-order valence-corrected chi connectivity index (χ4v) is 2.42. The van der Waals surface area contributed by atoms with Crippen molar-refractivity contribution in [2.75, 3.05) is 18.5 Å². The van der Waals surface area contributed by atoms with Crippen molar-refractivity contribution in [1.82, 2.24) is 0 Å². The highest BCUT2D eigenvalue weighted by atomic mass is 79.9. The summed E-state index contributed by atoms with van der Waals surface area (Å²) in [4.78, 5) is 13.3. The Balaban J connectivity index is 2.53. The Morgan fingerprint density at radius 3 is 2.94 bits per heavy atom. The minimum absolute atomic E-state index is 0.484. The molecule has 0 saturated heterocycles. The Morgan fingerprint density at radius 1 is 1.47 bits per heavy atom. The molecule has 1 aliphatic heterocycles. The summed E-state index contributed by atoms with van der Waals surface area (Å²) >= 11 is 3.42. The van der Waals surface area contributed by atoms with E-state index in [2.05, 4.69) is 20.8 Å². The second-order valence-electron chi connectivity index (χ2n) is 4.20. The summed E-state index contributed by atoms with van der Waals surface area (Å²) in [5.74, 6) is -0.819. The van der Waals surface area contributed by atoms with Gasteiger partial charge in [0.2, 0.25) is 0 Å². The normalized spacial score (nSPS) is 15.6. The summed E-state index contributed by atoms with van der Waals surface area (Å²) in [6.07, 6.45) is 3.26. The number of rotatable bonds is 1. The molecular weight excluding hydrogens is 282 g/mol. The smallest absolute Gasteiger partial charge is 0.331 e. The summed E-state index contributed by atoms with van der Waals surface area (Å²) in [6.45, 7) is 0.874. The molecular formula is C13H14BrNO2. The molecule has 0 radical (unpaired) electrons. The molecule has 1 aromatic rings. The van der Waals surface area contributed by atoms with Gasteiger partial charge >= 0.3 is 5.97 Å². The maximum absolute atomic E-state index is 11.1. The number of aliphatic carboxylic acids is 1. The van der Waals surface area contributed by atoms with Crippen molar-refractivity contribution in [3.63, 3.8) is 0 Å². The molecule has 2 rings (SSSR count). The quantitative estimate of drug-likeness (QED) is 0.865. The van der Waals surface area contributed by atoms with E-state index in [1.807, 2.05) is 25.2 Å². The van der Waals surface area contributed by atoms with Crippen LogP contribution in [0.5, 0.6) is 0 Å². The molecule has 0 atom stereocenters. The zero-order chi connectivity index (χ0) is 12.4. The van der Waals surface area contributed by atoms with Crippen molar-refractivity contribution in [2.24, 2.45) is 0 Å².